The molecule has 2 amide bonds. The van der Waals surface area contributed by atoms with Gasteiger partial charge in [-0.1, -0.05) is 79.0 Å². The average Bonchev–Trinajstić information content (AvgIpc) is 3.97. The van der Waals surface area contributed by atoms with E-state index in [1.54, 1.807) is 24.6 Å². The van der Waals surface area contributed by atoms with Crippen molar-refractivity contribution in [3.05, 3.63) is 105 Å². The van der Waals surface area contributed by atoms with Crippen LogP contribution in [-0.4, -0.2) is 97.5 Å². The lowest BCUT2D eigenvalue weighted by molar-refractivity contribution is -0.130. The second kappa shape index (κ2) is 23.9. The largest absolute Gasteiger partial charge is 0.477 e. The number of fused-ring (bicyclic) bond motifs is 3. The predicted octanol–water partition coefficient (Wildman–Crippen LogP) is 7.30. The van der Waals surface area contributed by atoms with Gasteiger partial charge in [0.05, 0.1) is 30.1 Å². The molecule has 2 aliphatic rings. The summed E-state index contributed by atoms with van der Waals surface area (Å²) in [6.07, 6.45) is 8.63. The number of sulfone groups is 2. The van der Waals surface area contributed by atoms with Gasteiger partial charge in [-0.25, -0.2) is 26.4 Å². The Morgan fingerprint density at radius 1 is 0.797 bits per heavy atom. The van der Waals surface area contributed by atoms with E-state index in [4.69, 9.17) is 9.84 Å². The van der Waals surface area contributed by atoms with E-state index in [1.165, 1.54) is 12.5 Å². The Bertz CT molecular complexity index is 2950. The van der Waals surface area contributed by atoms with Gasteiger partial charge in [-0.05, 0) is 110 Å². The third-order valence-electron chi connectivity index (χ3n) is 12.5. The fourth-order valence-corrected chi connectivity index (χ4v) is 10.4. The number of carboxylic acids is 1. The number of halogens is 1. The van der Waals surface area contributed by atoms with Crippen molar-refractivity contribution >= 4 is 81.2 Å². The number of aryl methyl sites for hydroxylation is 4. The highest BCUT2D eigenvalue weighted by Gasteiger charge is 2.36. The summed E-state index contributed by atoms with van der Waals surface area (Å²) in [5.74, 6) is -1.40. The number of esters is 1. The van der Waals surface area contributed by atoms with Crippen molar-refractivity contribution in [3.63, 3.8) is 0 Å². The Morgan fingerprint density at radius 3 is 1.97 bits per heavy atom. The van der Waals surface area contributed by atoms with Crippen LogP contribution in [0.1, 0.15) is 96.1 Å². The van der Waals surface area contributed by atoms with Gasteiger partial charge >= 0.3 is 11.9 Å². The van der Waals surface area contributed by atoms with E-state index < -0.39 is 31.7 Å². The molecule has 1 unspecified atom stereocenters. The molecule has 0 aliphatic heterocycles. The van der Waals surface area contributed by atoms with Crippen molar-refractivity contribution in [3.8, 4) is 6.07 Å². The molecule has 5 aromatic rings. The Labute approximate surface area is 413 Å². The van der Waals surface area contributed by atoms with E-state index >= 15 is 0 Å². The average molecular weight is 1050 g/mol. The molecule has 2 aliphatic carbocycles. The lowest BCUT2D eigenvalue weighted by atomic mass is 9.83. The summed E-state index contributed by atoms with van der Waals surface area (Å²) in [6.45, 7) is 6.24. The summed E-state index contributed by atoms with van der Waals surface area (Å²) in [6, 6.07) is 22.3. The maximum absolute atomic E-state index is 13.1. The molecule has 7 rings (SSSR count). The van der Waals surface area contributed by atoms with Crippen molar-refractivity contribution in [2.75, 3.05) is 30.6 Å². The number of amides is 2. The minimum Gasteiger partial charge on any atom is -0.477 e. The number of carbonyl (C=O) groups is 4. The van der Waals surface area contributed by atoms with Crippen molar-refractivity contribution < 1.29 is 45.9 Å². The van der Waals surface area contributed by atoms with Crippen molar-refractivity contribution in [2.24, 2.45) is 31.8 Å². The molecule has 2 aromatic heterocycles. The monoisotopic (exact) mass is 1050 g/mol. The van der Waals surface area contributed by atoms with E-state index in [0.29, 0.717) is 56.7 Å². The molecule has 0 bridgehead atoms. The van der Waals surface area contributed by atoms with E-state index in [1.807, 2.05) is 86.1 Å². The Balaban J connectivity index is 0.000000213. The zero-order valence-corrected chi connectivity index (χ0v) is 43.6. The summed E-state index contributed by atoms with van der Waals surface area (Å²) < 4.78 is 54.7. The quantitative estimate of drug-likeness (QED) is 0.0883. The molecule has 3 N–H and O–H groups in total. The highest BCUT2D eigenvalue weighted by molar-refractivity contribution is 9.10. The lowest BCUT2D eigenvalue weighted by Gasteiger charge is -2.32. The standard InChI is InChI=1S/C26H37N3O4S.C13H15NO4S.C12H12BrNO2/c1-17(2)12-22(16-27)28-26(31)23-6-4-5-7-24(23)29-25(30)21-14-19-9-8-18(13-20(19)15-21)10-11-34(3,32)33;1-14-11-7-9(5-6-19(2,17)18)3-4-10(11)8-12(14)13(15)16;1-3-16-12(15)11-6-8-4-5-9(13)7-10(8)14(11)2/h8-9,13,17,21-24H,4-7,10-12,14-15H2,1-3H3,(H,28,31)(H,29,30);3-4,7-8H,5-6H2,1-2H3,(H,15,16);4-7H,3H2,1-2H3/t21?,22-,23+,24-;;/m0../s1. The van der Waals surface area contributed by atoms with Crippen LogP contribution in [-0.2, 0) is 73.8 Å². The topological polar surface area (TPSA) is 224 Å². The number of ether oxygens (including phenoxy) is 1. The van der Waals surface area contributed by atoms with Gasteiger partial charge in [0.1, 0.15) is 37.1 Å². The number of nitrogens with one attached hydrogen (secondary N) is 2. The Kier molecular flexibility index (Phi) is 18.8. The van der Waals surface area contributed by atoms with Crippen LogP contribution in [0.15, 0.2) is 71.2 Å². The second-order valence-electron chi connectivity index (χ2n) is 18.6. The molecular weight excluding hydrogens is 987 g/mol. The fourth-order valence-electron chi connectivity index (χ4n) is 8.87. The van der Waals surface area contributed by atoms with Crippen LogP contribution in [0.5, 0.6) is 0 Å². The molecule has 2 heterocycles. The highest BCUT2D eigenvalue weighted by atomic mass is 79.9. The van der Waals surface area contributed by atoms with Gasteiger partial charge in [-0.3, -0.25) is 9.59 Å². The SMILES string of the molecule is CC(C)C[C@@H](C#N)NC(=O)[C@@H]1CCCC[C@@H]1NC(=O)C1Cc2ccc(CCS(C)(=O)=O)cc2C1.CCOC(=O)c1cc2ccc(Br)cc2n1C.Cn1c(C(=O)O)cc2ccc(CCS(C)(=O)=O)cc21. The maximum Gasteiger partial charge on any atom is 0.354 e. The maximum atomic E-state index is 13.1. The molecule has 0 radical (unpaired) electrons. The fraction of sp³-hybridized carbons (Fsp3) is 0.471. The van der Waals surface area contributed by atoms with E-state index in [9.17, 15) is 41.3 Å². The van der Waals surface area contributed by atoms with Gasteiger partial charge in [-0.15, -0.1) is 0 Å². The third-order valence-corrected chi connectivity index (χ3v) is 14.9. The van der Waals surface area contributed by atoms with Crippen LogP contribution in [0.25, 0.3) is 21.8 Å². The van der Waals surface area contributed by atoms with E-state index in [0.717, 1.165) is 67.8 Å². The van der Waals surface area contributed by atoms with Gasteiger partial charge in [0, 0.05) is 64.8 Å². The van der Waals surface area contributed by atoms with Crippen LogP contribution in [0.3, 0.4) is 0 Å². The number of aromatic nitrogens is 2. The Morgan fingerprint density at radius 2 is 1.36 bits per heavy atom. The number of carboxylic acid groups (broad SMARTS) is 1. The van der Waals surface area contributed by atoms with Gasteiger partial charge in [0.15, 0.2) is 0 Å². The number of hydrogen-bond acceptors (Lipinski definition) is 10. The number of carbonyl (C=O) groups excluding carboxylic acids is 3. The van der Waals surface area contributed by atoms with Crippen LogP contribution < -0.4 is 10.6 Å². The number of aromatic carboxylic acids is 1. The summed E-state index contributed by atoms with van der Waals surface area (Å²) in [7, 11) is -2.47. The zero-order valence-electron chi connectivity index (χ0n) is 40.4. The normalized spacial score (nSPS) is 17.1. The van der Waals surface area contributed by atoms with Crippen LogP contribution >= 0.6 is 15.9 Å². The Hall–Kier alpha value is -5.51. The summed E-state index contributed by atoms with van der Waals surface area (Å²) in [5, 5.41) is 26.4. The molecular formula is C51H64BrN5O10S2. The molecule has 3 aromatic carbocycles. The number of benzene rings is 3. The van der Waals surface area contributed by atoms with Crippen LogP contribution in [0, 0.1) is 29.1 Å². The van der Waals surface area contributed by atoms with Crippen LogP contribution in [0.4, 0.5) is 0 Å². The molecule has 4 atom stereocenters. The summed E-state index contributed by atoms with van der Waals surface area (Å²) in [4.78, 5) is 48.8. The molecule has 0 spiro atoms. The number of rotatable bonds is 15. The first-order chi connectivity index (χ1) is 32.5. The lowest BCUT2D eigenvalue weighted by Crippen LogP contribution is -2.51. The molecule has 372 valence electrons. The smallest absolute Gasteiger partial charge is 0.354 e. The van der Waals surface area contributed by atoms with Crippen molar-refractivity contribution in [1.29, 1.82) is 5.26 Å². The first-order valence-electron chi connectivity index (χ1n) is 23.2. The predicted molar refractivity (Wildman–Crippen MR) is 272 cm³/mol. The third kappa shape index (κ3) is 15.5. The molecule has 0 saturated heterocycles. The zero-order chi connectivity index (χ0) is 50.8. The molecule has 1 saturated carbocycles. The number of nitrogens with zero attached hydrogens (tertiary/aromatic N) is 3. The summed E-state index contributed by atoms with van der Waals surface area (Å²) >= 11 is 3.41. The van der Waals surface area contributed by atoms with E-state index in [2.05, 4.69) is 32.6 Å². The minimum absolute atomic E-state index is 0.0300. The highest BCUT2D eigenvalue weighted by Crippen LogP contribution is 2.31. The molecule has 15 nitrogen and oxygen atoms in total. The second-order valence-corrected chi connectivity index (χ2v) is 24.0. The van der Waals surface area contributed by atoms with Gasteiger partial charge < -0.3 is 29.6 Å². The first-order valence-corrected chi connectivity index (χ1v) is 28.1. The molecule has 69 heavy (non-hydrogen) atoms. The summed E-state index contributed by atoms with van der Waals surface area (Å²) in [5.41, 5.74) is 6.70. The van der Waals surface area contributed by atoms with Crippen molar-refractivity contribution in [2.45, 2.75) is 90.6 Å². The molecule has 1 fully saturated rings. The first kappa shape index (κ1) is 54.4. The van der Waals surface area contributed by atoms with Gasteiger partial charge in [0.25, 0.3) is 0 Å². The number of hydrogen-bond donors (Lipinski definition) is 3. The van der Waals surface area contributed by atoms with Crippen molar-refractivity contribution in [1.82, 2.24) is 19.8 Å². The minimum atomic E-state index is -3.02. The number of nitriles is 1. The van der Waals surface area contributed by atoms with Crippen LogP contribution in [0.2, 0.25) is 0 Å². The van der Waals surface area contributed by atoms with E-state index in [-0.39, 0.29) is 52.9 Å². The van der Waals surface area contributed by atoms with Gasteiger partial charge in [-0.2, -0.15) is 5.26 Å². The van der Waals surface area contributed by atoms with Gasteiger partial charge in [0.2, 0.25) is 11.8 Å². The molecule has 18 heteroatoms.